The fourth-order valence-corrected chi connectivity index (χ4v) is 3.08. The molecule has 6 nitrogen and oxygen atoms in total. The van der Waals surface area contributed by atoms with Crippen LogP contribution in [0.25, 0.3) is 10.2 Å². The van der Waals surface area contributed by atoms with Gasteiger partial charge in [-0.2, -0.15) is 0 Å². The van der Waals surface area contributed by atoms with Crippen molar-refractivity contribution < 1.29 is 19.4 Å². The van der Waals surface area contributed by atoms with Crippen molar-refractivity contribution in [2.75, 3.05) is 5.32 Å². The molecule has 124 valence electrons. The number of ether oxygens (including phenoxy) is 1. The van der Waals surface area contributed by atoms with Gasteiger partial charge >= 0.3 is 12.1 Å². The Morgan fingerprint density at radius 1 is 1.35 bits per heavy atom. The first-order valence-electron chi connectivity index (χ1n) is 7.37. The van der Waals surface area contributed by atoms with Crippen LogP contribution in [0, 0.1) is 0 Å². The number of hydrogen-bond donors (Lipinski definition) is 2. The predicted octanol–water partition coefficient (Wildman–Crippen LogP) is 4.29. The molecule has 23 heavy (non-hydrogen) atoms. The lowest BCUT2D eigenvalue weighted by molar-refractivity contribution is 0.0636. The number of aromatic carboxylic acids is 1. The fourth-order valence-electron chi connectivity index (χ4n) is 2.09. The van der Waals surface area contributed by atoms with Crippen molar-refractivity contribution in [1.82, 2.24) is 4.98 Å². The molecule has 0 aromatic carbocycles. The summed E-state index contributed by atoms with van der Waals surface area (Å²) in [6, 6.07) is 3.65. The molecule has 2 rings (SSSR count). The molecule has 2 heterocycles. The van der Waals surface area contributed by atoms with Crippen LogP contribution in [0.3, 0.4) is 0 Å². The van der Waals surface area contributed by atoms with Gasteiger partial charge < -0.3 is 9.84 Å². The number of carbonyl (C=O) groups excluding carboxylic acids is 1. The highest BCUT2D eigenvalue weighted by molar-refractivity contribution is 7.21. The van der Waals surface area contributed by atoms with Crippen LogP contribution in [0.15, 0.2) is 12.1 Å². The first-order chi connectivity index (χ1) is 10.7. The number of nitrogens with zero attached hydrogens (tertiary/aromatic N) is 1. The molecular weight excluding hydrogens is 316 g/mol. The van der Waals surface area contributed by atoms with Crippen molar-refractivity contribution in [2.24, 2.45) is 0 Å². The molecule has 0 atom stereocenters. The van der Waals surface area contributed by atoms with Gasteiger partial charge in [0, 0.05) is 11.1 Å². The van der Waals surface area contributed by atoms with Gasteiger partial charge in [-0.15, -0.1) is 11.3 Å². The lowest BCUT2D eigenvalue weighted by atomic mass is 10.2. The molecule has 0 aliphatic carbocycles. The summed E-state index contributed by atoms with van der Waals surface area (Å²) < 4.78 is 5.20. The highest BCUT2D eigenvalue weighted by Crippen LogP contribution is 2.35. The van der Waals surface area contributed by atoms with E-state index in [1.54, 1.807) is 26.8 Å². The molecule has 0 saturated carbocycles. The van der Waals surface area contributed by atoms with Crippen LogP contribution in [0.5, 0.6) is 0 Å². The lowest BCUT2D eigenvalue weighted by Crippen LogP contribution is -2.27. The molecule has 0 radical (unpaired) electrons. The second-order valence-electron chi connectivity index (χ2n) is 6.14. The van der Waals surface area contributed by atoms with Gasteiger partial charge in [-0.1, -0.05) is 13.3 Å². The zero-order valence-corrected chi connectivity index (χ0v) is 14.4. The van der Waals surface area contributed by atoms with Crippen molar-refractivity contribution in [2.45, 2.75) is 46.1 Å². The van der Waals surface area contributed by atoms with Gasteiger partial charge in [-0.05, 0) is 39.3 Å². The molecule has 7 heteroatoms. The highest BCUT2D eigenvalue weighted by atomic mass is 32.1. The predicted molar refractivity (Wildman–Crippen MR) is 90.4 cm³/mol. The summed E-state index contributed by atoms with van der Waals surface area (Å²) in [5.41, 5.74) is 0.482. The molecule has 0 fully saturated rings. The van der Waals surface area contributed by atoms with Gasteiger partial charge in [0.15, 0.2) is 0 Å². The van der Waals surface area contributed by atoms with Gasteiger partial charge in [0.1, 0.15) is 15.3 Å². The van der Waals surface area contributed by atoms with Gasteiger partial charge in [0.2, 0.25) is 0 Å². The van der Waals surface area contributed by atoms with Crippen LogP contribution in [-0.2, 0) is 11.2 Å². The number of pyridine rings is 1. The number of nitrogens with one attached hydrogen (secondary N) is 1. The summed E-state index contributed by atoms with van der Waals surface area (Å²) in [6.07, 6.45) is 1.10. The number of carboxylic acids is 1. The number of hydrogen-bond acceptors (Lipinski definition) is 5. The average molecular weight is 336 g/mol. The average Bonchev–Trinajstić information content (AvgIpc) is 2.75. The van der Waals surface area contributed by atoms with Gasteiger partial charge in [0.25, 0.3) is 0 Å². The molecule has 0 saturated heterocycles. The topological polar surface area (TPSA) is 88.5 Å². The van der Waals surface area contributed by atoms with Crippen molar-refractivity contribution in [3.05, 3.63) is 22.7 Å². The largest absolute Gasteiger partial charge is 0.477 e. The normalized spacial score (nSPS) is 11.5. The van der Waals surface area contributed by atoms with Crippen LogP contribution in [0.2, 0.25) is 0 Å². The molecule has 0 aliphatic rings. The van der Waals surface area contributed by atoms with Crippen LogP contribution < -0.4 is 5.32 Å². The second kappa shape index (κ2) is 6.54. The monoisotopic (exact) mass is 336 g/mol. The first kappa shape index (κ1) is 17.2. The van der Waals surface area contributed by atoms with E-state index in [0.29, 0.717) is 10.2 Å². The van der Waals surface area contributed by atoms with Crippen LogP contribution in [0.4, 0.5) is 10.5 Å². The molecule has 0 aliphatic heterocycles. The van der Waals surface area contributed by atoms with Gasteiger partial charge in [-0.25, -0.2) is 14.6 Å². The number of aryl methyl sites for hydroxylation is 1. The molecule has 2 aromatic heterocycles. The van der Waals surface area contributed by atoms with Crippen molar-refractivity contribution in [1.29, 1.82) is 0 Å². The second-order valence-corrected chi connectivity index (χ2v) is 7.14. The zero-order valence-electron chi connectivity index (χ0n) is 13.6. The van der Waals surface area contributed by atoms with Crippen LogP contribution in [0.1, 0.15) is 49.5 Å². The van der Waals surface area contributed by atoms with Gasteiger partial charge in [0.05, 0.1) is 5.69 Å². The Morgan fingerprint density at radius 3 is 2.61 bits per heavy atom. The first-order valence-corrected chi connectivity index (χ1v) is 8.18. The van der Waals surface area contributed by atoms with E-state index in [2.05, 4.69) is 17.2 Å². The Hall–Kier alpha value is -2.15. The summed E-state index contributed by atoms with van der Waals surface area (Å²) in [5.74, 6) is -1.10. The van der Waals surface area contributed by atoms with Gasteiger partial charge in [-0.3, -0.25) is 5.32 Å². The van der Waals surface area contributed by atoms with Crippen molar-refractivity contribution in [3.8, 4) is 0 Å². The number of anilines is 1. The Balaban J connectivity index is 2.42. The summed E-state index contributed by atoms with van der Waals surface area (Å²) in [7, 11) is 0. The number of carboxylic acid groups (broad SMARTS) is 1. The Morgan fingerprint density at radius 2 is 2.04 bits per heavy atom. The van der Waals surface area contributed by atoms with Crippen LogP contribution >= 0.6 is 11.3 Å². The van der Waals surface area contributed by atoms with Crippen LogP contribution in [-0.4, -0.2) is 27.8 Å². The number of aromatic nitrogens is 1. The third-order valence-electron chi connectivity index (χ3n) is 2.94. The number of fused-ring (bicyclic) bond motifs is 1. The van der Waals surface area contributed by atoms with Crippen molar-refractivity contribution >= 4 is 39.3 Å². The molecular formula is C16H20N2O4S. The number of amides is 1. The molecule has 2 N–H and O–H groups in total. The minimum atomic E-state index is -1.10. The maximum atomic E-state index is 12.0. The molecule has 0 spiro atoms. The van der Waals surface area contributed by atoms with E-state index in [-0.39, 0.29) is 10.6 Å². The molecule has 0 unspecified atom stereocenters. The Kier molecular flexibility index (Phi) is 4.89. The van der Waals surface area contributed by atoms with E-state index in [9.17, 15) is 14.7 Å². The summed E-state index contributed by atoms with van der Waals surface area (Å²) >= 11 is 1.05. The summed E-state index contributed by atoms with van der Waals surface area (Å²) in [5, 5.41) is 12.5. The standard InChI is InChI=1S/C16H20N2O4S/c1-5-6-9-7-8-10-11(18-15(21)22-16(2,3)4)12(14(19)20)23-13(10)17-9/h7-8H,5-6H2,1-4H3,(H,18,21)(H,19,20). The number of thiophene rings is 1. The molecule has 2 aromatic rings. The smallest absolute Gasteiger partial charge is 0.412 e. The summed E-state index contributed by atoms with van der Waals surface area (Å²) in [6.45, 7) is 7.29. The quantitative estimate of drug-likeness (QED) is 0.869. The Bertz CT molecular complexity index is 746. The number of carbonyl (C=O) groups is 2. The third kappa shape index (κ3) is 4.19. The molecule has 1 amide bonds. The van der Waals surface area contributed by atoms with E-state index < -0.39 is 17.7 Å². The fraction of sp³-hybridized carbons (Fsp3) is 0.438. The summed E-state index contributed by atoms with van der Waals surface area (Å²) in [4.78, 5) is 28.5. The zero-order chi connectivity index (χ0) is 17.2. The number of rotatable bonds is 4. The van der Waals surface area contributed by atoms with Crippen molar-refractivity contribution in [3.63, 3.8) is 0 Å². The van der Waals surface area contributed by atoms with E-state index in [1.807, 2.05) is 6.07 Å². The minimum Gasteiger partial charge on any atom is -0.477 e. The maximum Gasteiger partial charge on any atom is 0.412 e. The van der Waals surface area contributed by atoms with E-state index in [0.717, 1.165) is 29.9 Å². The lowest BCUT2D eigenvalue weighted by Gasteiger charge is -2.19. The highest BCUT2D eigenvalue weighted by Gasteiger charge is 2.23. The SMILES string of the molecule is CCCc1ccc2c(NC(=O)OC(C)(C)C)c(C(=O)O)sc2n1. The maximum absolute atomic E-state index is 12.0. The third-order valence-corrected chi connectivity index (χ3v) is 4.03. The Labute approximate surface area is 138 Å². The van der Waals surface area contributed by atoms with E-state index >= 15 is 0 Å². The molecule has 0 bridgehead atoms. The van der Waals surface area contributed by atoms with E-state index in [4.69, 9.17) is 4.74 Å². The van der Waals surface area contributed by atoms with E-state index in [1.165, 1.54) is 0 Å². The minimum absolute atomic E-state index is 0.0482.